The van der Waals surface area contributed by atoms with Crippen LogP contribution in [0.2, 0.25) is 0 Å². The van der Waals surface area contributed by atoms with E-state index in [1.54, 1.807) is 12.1 Å². The third-order valence-electron chi connectivity index (χ3n) is 7.06. The lowest BCUT2D eigenvalue weighted by Crippen LogP contribution is -2.21. The van der Waals surface area contributed by atoms with Gasteiger partial charge in [-0.25, -0.2) is 0 Å². The van der Waals surface area contributed by atoms with Gasteiger partial charge < -0.3 is 40.1 Å². The van der Waals surface area contributed by atoms with Crippen LogP contribution in [0.1, 0.15) is 56.9 Å². The number of fused-ring (bicyclic) bond motifs is 2. The number of ketones is 2. The molecular weight excluding hydrogens is 520 g/mol. The fourth-order valence-electron chi connectivity index (χ4n) is 5.17. The smallest absolute Gasteiger partial charge is 0.174 e. The summed E-state index contributed by atoms with van der Waals surface area (Å²) in [5, 5.41) is 61.8. The minimum Gasteiger partial charge on any atom is -0.508 e. The van der Waals surface area contributed by atoms with E-state index in [4.69, 9.17) is 9.47 Å². The summed E-state index contributed by atoms with van der Waals surface area (Å²) in [6, 6.07) is 13.6. The van der Waals surface area contributed by atoms with Gasteiger partial charge in [-0.15, -0.1) is 0 Å². The molecule has 0 bridgehead atoms. The Hall–Kier alpha value is -5.38. The molecule has 10 heteroatoms. The van der Waals surface area contributed by atoms with Gasteiger partial charge in [-0.3, -0.25) is 9.59 Å². The highest BCUT2D eigenvalue weighted by molar-refractivity contribution is 6.06. The van der Waals surface area contributed by atoms with E-state index in [1.807, 2.05) is 0 Å². The highest BCUT2D eigenvalue weighted by atomic mass is 16.5. The van der Waals surface area contributed by atoms with Gasteiger partial charge in [-0.1, -0.05) is 18.2 Å². The molecule has 40 heavy (non-hydrogen) atoms. The first-order valence-electron chi connectivity index (χ1n) is 12.3. The van der Waals surface area contributed by atoms with Crippen LogP contribution < -0.4 is 9.47 Å². The van der Waals surface area contributed by atoms with E-state index in [2.05, 4.69) is 0 Å². The first-order chi connectivity index (χ1) is 19.1. The zero-order valence-corrected chi connectivity index (χ0v) is 20.7. The first kappa shape index (κ1) is 24.9. The number of hydrogen-bond acceptors (Lipinski definition) is 10. The minimum absolute atomic E-state index is 0.0103. The molecule has 4 aromatic carbocycles. The van der Waals surface area contributed by atoms with Crippen LogP contribution in [0.4, 0.5) is 0 Å². The van der Waals surface area contributed by atoms with Crippen molar-refractivity contribution in [1.29, 1.82) is 0 Å². The van der Waals surface area contributed by atoms with Crippen molar-refractivity contribution < 1.29 is 49.7 Å². The Bertz CT molecular complexity index is 1710. The van der Waals surface area contributed by atoms with Gasteiger partial charge in [0.25, 0.3) is 0 Å². The Morgan fingerprint density at radius 3 is 1.88 bits per heavy atom. The second-order valence-corrected chi connectivity index (χ2v) is 9.67. The van der Waals surface area contributed by atoms with Crippen LogP contribution in [-0.2, 0) is 0 Å². The Labute approximate surface area is 226 Å². The first-order valence-corrected chi connectivity index (χ1v) is 12.3. The summed E-state index contributed by atoms with van der Waals surface area (Å²) in [6.07, 6.45) is -1.95. The molecule has 2 aliphatic rings. The van der Waals surface area contributed by atoms with Crippen LogP contribution in [0.3, 0.4) is 0 Å². The average molecular weight is 542 g/mol. The SMILES string of the molecule is O=C1C[C@H](c2ccc(O)c(-c3c(O)cc(O)c4c3O[C@H](c3ccc(O)cc3)CC4=O)c2)Oc2cc(O)cc(O)c21. The van der Waals surface area contributed by atoms with Gasteiger partial charge in [0.05, 0.1) is 18.4 Å². The molecule has 0 amide bonds. The lowest BCUT2D eigenvalue weighted by Gasteiger charge is -2.29. The van der Waals surface area contributed by atoms with E-state index in [0.29, 0.717) is 11.1 Å². The molecule has 0 saturated heterocycles. The molecule has 6 N–H and O–H groups in total. The topological polar surface area (TPSA) is 174 Å². The predicted molar refractivity (Wildman–Crippen MR) is 139 cm³/mol. The van der Waals surface area contributed by atoms with Crippen molar-refractivity contribution in [3.8, 4) is 57.1 Å². The van der Waals surface area contributed by atoms with Crippen LogP contribution in [0.25, 0.3) is 11.1 Å². The fraction of sp³-hybridized carbons (Fsp3) is 0.133. The van der Waals surface area contributed by atoms with Crippen molar-refractivity contribution in [2.75, 3.05) is 0 Å². The average Bonchev–Trinajstić information content (AvgIpc) is 2.89. The predicted octanol–water partition coefficient (Wildman–Crippen LogP) is 5.00. The Morgan fingerprint density at radius 2 is 1.15 bits per heavy atom. The number of carbonyl (C=O) groups excluding carboxylic acids is 2. The summed E-state index contributed by atoms with van der Waals surface area (Å²) >= 11 is 0. The van der Waals surface area contributed by atoms with Crippen molar-refractivity contribution >= 4 is 11.6 Å². The van der Waals surface area contributed by atoms with Crippen LogP contribution >= 0.6 is 0 Å². The monoisotopic (exact) mass is 542 g/mol. The Balaban J connectivity index is 1.45. The summed E-state index contributed by atoms with van der Waals surface area (Å²) in [5.41, 5.74) is 0.769. The summed E-state index contributed by atoms with van der Waals surface area (Å²) in [4.78, 5) is 25.9. The molecule has 0 unspecified atom stereocenters. The maximum Gasteiger partial charge on any atom is 0.174 e. The molecule has 0 aliphatic carbocycles. The zero-order valence-electron chi connectivity index (χ0n) is 20.7. The molecule has 0 spiro atoms. The number of phenolic OH excluding ortho intramolecular Hbond substituents is 6. The molecule has 10 nitrogen and oxygen atoms in total. The molecule has 0 radical (unpaired) electrons. The molecule has 2 aliphatic heterocycles. The second-order valence-electron chi connectivity index (χ2n) is 9.67. The summed E-state index contributed by atoms with van der Waals surface area (Å²) in [7, 11) is 0. The molecule has 2 heterocycles. The third kappa shape index (κ3) is 4.06. The maximum absolute atomic E-state index is 13.1. The lowest BCUT2D eigenvalue weighted by molar-refractivity contribution is 0.0834. The fourth-order valence-corrected chi connectivity index (χ4v) is 5.17. The van der Waals surface area contributed by atoms with Gasteiger partial charge in [0, 0.05) is 23.8 Å². The molecule has 2 atom stereocenters. The van der Waals surface area contributed by atoms with Crippen molar-refractivity contribution in [2.45, 2.75) is 25.0 Å². The number of benzene rings is 4. The van der Waals surface area contributed by atoms with E-state index < -0.39 is 41.0 Å². The van der Waals surface area contributed by atoms with Gasteiger partial charge in [-0.05, 0) is 35.4 Å². The minimum atomic E-state index is -0.872. The number of phenols is 6. The molecule has 6 rings (SSSR count). The van der Waals surface area contributed by atoms with Gasteiger partial charge >= 0.3 is 0 Å². The van der Waals surface area contributed by atoms with Crippen LogP contribution in [0, 0.1) is 0 Å². The number of rotatable bonds is 3. The number of aromatic hydroxyl groups is 6. The van der Waals surface area contributed by atoms with Crippen molar-refractivity contribution in [3.05, 3.63) is 82.9 Å². The van der Waals surface area contributed by atoms with Crippen LogP contribution in [0.5, 0.6) is 46.0 Å². The maximum atomic E-state index is 13.1. The van der Waals surface area contributed by atoms with Crippen molar-refractivity contribution in [2.24, 2.45) is 0 Å². The number of hydrogen-bond donors (Lipinski definition) is 6. The quantitative estimate of drug-likeness (QED) is 0.207. The van der Waals surface area contributed by atoms with Gasteiger partial charge in [-0.2, -0.15) is 0 Å². The summed E-state index contributed by atoms with van der Waals surface area (Å²) in [5.74, 6) is -2.93. The highest BCUT2D eigenvalue weighted by Crippen LogP contribution is 2.52. The Kier molecular flexibility index (Phi) is 5.69. The number of ether oxygens (including phenoxy) is 2. The standard InChI is InChI=1S/C30H22O10/c31-15-4-1-13(2-5-15)24-12-23(38)29-21(36)10-20(35)27(30(29)40-24)17-7-14(3-6-18(17)33)25-11-22(37)28-19(34)8-16(32)9-26(28)39-25/h1-10,24-25,31-36H,11-12H2/t24-,25+/m0/s1. The zero-order chi connectivity index (χ0) is 28.3. The van der Waals surface area contributed by atoms with E-state index in [1.165, 1.54) is 36.4 Å². The largest absolute Gasteiger partial charge is 0.508 e. The van der Waals surface area contributed by atoms with Gasteiger partial charge in [0.15, 0.2) is 11.6 Å². The second kappa shape index (κ2) is 9.12. The Morgan fingerprint density at radius 1 is 0.550 bits per heavy atom. The molecule has 0 fully saturated rings. The van der Waals surface area contributed by atoms with E-state index in [0.717, 1.165) is 12.1 Å². The molecular formula is C30H22O10. The normalized spacial score (nSPS) is 17.9. The highest BCUT2D eigenvalue weighted by Gasteiger charge is 2.36. The van der Waals surface area contributed by atoms with E-state index >= 15 is 0 Å². The molecule has 0 saturated carbocycles. The van der Waals surface area contributed by atoms with Crippen LogP contribution in [0.15, 0.2) is 60.7 Å². The van der Waals surface area contributed by atoms with E-state index in [9.17, 15) is 40.2 Å². The lowest BCUT2D eigenvalue weighted by atomic mass is 9.89. The molecule has 202 valence electrons. The van der Waals surface area contributed by atoms with Crippen molar-refractivity contribution in [1.82, 2.24) is 0 Å². The number of carbonyl (C=O) groups is 2. The van der Waals surface area contributed by atoms with Gasteiger partial charge in [0.2, 0.25) is 0 Å². The summed E-state index contributed by atoms with van der Waals surface area (Å²) < 4.78 is 12.0. The van der Waals surface area contributed by atoms with Crippen LogP contribution in [-0.4, -0.2) is 42.2 Å². The molecule has 0 aromatic heterocycles. The van der Waals surface area contributed by atoms with Crippen molar-refractivity contribution in [3.63, 3.8) is 0 Å². The molecule has 4 aromatic rings. The third-order valence-corrected chi connectivity index (χ3v) is 7.06. The van der Waals surface area contributed by atoms with E-state index in [-0.39, 0.29) is 63.8 Å². The number of Topliss-reactive ketones (excluding diaryl/α,β-unsaturated/α-hetero) is 2. The van der Waals surface area contributed by atoms with Gasteiger partial charge in [0.1, 0.15) is 69.3 Å². The summed E-state index contributed by atoms with van der Waals surface area (Å²) in [6.45, 7) is 0.